The lowest BCUT2D eigenvalue weighted by Crippen LogP contribution is -2.41. The van der Waals surface area contributed by atoms with Gasteiger partial charge in [0.25, 0.3) is 0 Å². The van der Waals surface area contributed by atoms with Gasteiger partial charge in [0.05, 0.1) is 59.4 Å². The van der Waals surface area contributed by atoms with Crippen LogP contribution < -0.4 is 37.9 Å². The third-order valence-electron chi connectivity index (χ3n) is 7.86. The lowest BCUT2D eigenvalue weighted by Gasteiger charge is -2.42. The van der Waals surface area contributed by atoms with E-state index in [1.165, 1.54) is 42.7 Å². The van der Waals surface area contributed by atoms with Crippen LogP contribution in [0.4, 0.5) is 0 Å². The molecule has 0 bridgehead atoms. The molecule has 2 aliphatic rings. The van der Waals surface area contributed by atoms with Gasteiger partial charge in [0.15, 0.2) is 45.9 Å². The smallest absolute Gasteiger partial charge is 0.204 e. The minimum Gasteiger partial charge on any atom is -0.496 e. The number of ketones is 1. The molecule has 1 atom stereocenters. The Morgan fingerprint density at radius 2 is 1.22 bits per heavy atom. The summed E-state index contributed by atoms with van der Waals surface area (Å²) in [5.74, 6) is 2.90. The third kappa shape index (κ3) is 4.68. The third-order valence-corrected chi connectivity index (χ3v) is 7.86. The summed E-state index contributed by atoms with van der Waals surface area (Å²) < 4.78 is 48.4. The molecule has 4 aromatic rings. The Balaban J connectivity index is 1.78. The maximum absolute atomic E-state index is 14.7. The SMILES string of the molecule is COc1cc(OC)c2c(c1OC)C=C(C(=O)c1ccccc1)C1(C=C(c3ccccc3)Oc3c(OC)c(OC)cc(OC)c31)O2. The van der Waals surface area contributed by atoms with E-state index >= 15 is 0 Å². The molecule has 0 aromatic heterocycles. The van der Waals surface area contributed by atoms with Crippen LogP contribution in [0.15, 0.2) is 84.4 Å². The van der Waals surface area contributed by atoms with Crippen molar-refractivity contribution in [3.8, 4) is 46.0 Å². The zero-order valence-electron chi connectivity index (χ0n) is 25.8. The fourth-order valence-corrected chi connectivity index (χ4v) is 5.80. The molecule has 9 heteroatoms. The first-order chi connectivity index (χ1) is 21.9. The molecule has 9 nitrogen and oxygen atoms in total. The second-order valence-corrected chi connectivity index (χ2v) is 10.1. The van der Waals surface area contributed by atoms with Crippen molar-refractivity contribution < 1.29 is 42.7 Å². The van der Waals surface area contributed by atoms with Crippen molar-refractivity contribution in [2.75, 3.05) is 42.7 Å². The predicted octanol–water partition coefficient (Wildman–Crippen LogP) is 6.73. The maximum atomic E-state index is 14.7. The van der Waals surface area contributed by atoms with Gasteiger partial charge in [0.1, 0.15) is 11.5 Å². The summed E-state index contributed by atoms with van der Waals surface area (Å²) in [5.41, 5.74) is 0.716. The largest absolute Gasteiger partial charge is 0.496 e. The van der Waals surface area contributed by atoms with Crippen LogP contribution >= 0.6 is 0 Å². The molecule has 4 aromatic carbocycles. The number of carbonyl (C=O) groups excluding carboxylic acids is 1. The molecule has 0 saturated heterocycles. The molecule has 0 N–H and O–H groups in total. The van der Waals surface area contributed by atoms with Gasteiger partial charge in [-0.2, -0.15) is 0 Å². The summed E-state index contributed by atoms with van der Waals surface area (Å²) in [6.07, 6.45) is 3.53. The average Bonchev–Trinajstić information content (AvgIpc) is 3.10. The Morgan fingerprint density at radius 1 is 0.644 bits per heavy atom. The molecule has 0 fully saturated rings. The van der Waals surface area contributed by atoms with Crippen molar-refractivity contribution in [2.45, 2.75) is 5.60 Å². The van der Waals surface area contributed by atoms with E-state index in [1.807, 2.05) is 48.5 Å². The van der Waals surface area contributed by atoms with Crippen molar-refractivity contribution >= 4 is 17.6 Å². The molecule has 0 saturated carbocycles. The van der Waals surface area contributed by atoms with Crippen molar-refractivity contribution in [1.29, 1.82) is 0 Å². The summed E-state index contributed by atoms with van der Waals surface area (Å²) in [6.45, 7) is 0. The second-order valence-electron chi connectivity index (χ2n) is 10.1. The standard InChI is InChI=1S/C36H32O9/c1-38-25-18-28(41-4)34(43-6)35-30(25)36(20-29(44-35)21-13-9-7-10-14-21)24(31(37)22-15-11-8-12-16-22)17-23-32(42-5)26(39-2)19-27(40-3)33(23)45-36/h7-20H,1-6H3. The summed E-state index contributed by atoms with van der Waals surface area (Å²) in [5, 5.41) is 0. The number of Topliss-reactive ketones (excluding diaryl/α,β-unsaturated/α-hetero) is 1. The molecule has 0 aliphatic carbocycles. The molecule has 230 valence electrons. The maximum Gasteiger partial charge on any atom is 0.204 e. The Kier molecular flexibility index (Phi) is 7.76. The highest BCUT2D eigenvalue weighted by Crippen LogP contribution is 2.61. The van der Waals surface area contributed by atoms with E-state index in [0.29, 0.717) is 62.7 Å². The Labute approximate surface area is 261 Å². The van der Waals surface area contributed by atoms with Crippen LogP contribution in [0.1, 0.15) is 27.0 Å². The molecule has 2 aliphatic heterocycles. The number of carbonyl (C=O) groups is 1. The van der Waals surface area contributed by atoms with Gasteiger partial charge in [-0.3, -0.25) is 4.79 Å². The number of fused-ring (bicyclic) bond motifs is 3. The first-order valence-electron chi connectivity index (χ1n) is 14.1. The first kappa shape index (κ1) is 29.5. The molecule has 1 unspecified atom stereocenters. The molecule has 2 heterocycles. The van der Waals surface area contributed by atoms with Gasteiger partial charge >= 0.3 is 0 Å². The molecular formula is C36H32O9. The topological polar surface area (TPSA) is 90.9 Å². The van der Waals surface area contributed by atoms with Crippen LogP contribution in [0.3, 0.4) is 0 Å². The van der Waals surface area contributed by atoms with E-state index in [2.05, 4.69) is 0 Å². The Morgan fingerprint density at radius 3 is 1.82 bits per heavy atom. The molecule has 1 spiro atoms. The van der Waals surface area contributed by atoms with Crippen molar-refractivity contribution in [3.63, 3.8) is 0 Å². The van der Waals surface area contributed by atoms with E-state index < -0.39 is 5.60 Å². The number of ether oxygens (including phenoxy) is 8. The number of methoxy groups -OCH3 is 6. The normalized spacial score (nSPS) is 16.1. The predicted molar refractivity (Wildman–Crippen MR) is 168 cm³/mol. The highest BCUT2D eigenvalue weighted by molar-refractivity contribution is 6.14. The lowest BCUT2D eigenvalue weighted by molar-refractivity contribution is 0.0910. The number of rotatable bonds is 9. The van der Waals surface area contributed by atoms with Gasteiger partial charge in [0, 0.05) is 29.3 Å². The van der Waals surface area contributed by atoms with Crippen LogP contribution in [-0.2, 0) is 5.60 Å². The second kappa shape index (κ2) is 11.8. The Hall–Kier alpha value is -5.57. The van der Waals surface area contributed by atoms with Gasteiger partial charge in [-0.1, -0.05) is 60.7 Å². The molecule has 0 radical (unpaired) electrons. The van der Waals surface area contributed by atoms with Gasteiger partial charge in [0.2, 0.25) is 5.75 Å². The minimum atomic E-state index is -1.61. The van der Waals surface area contributed by atoms with Gasteiger partial charge in [-0.25, -0.2) is 0 Å². The van der Waals surface area contributed by atoms with Crippen molar-refractivity contribution in [3.05, 3.63) is 107 Å². The zero-order chi connectivity index (χ0) is 31.7. The van der Waals surface area contributed by atoms with E-state index in [1.54, 1.807) is 36.4 Å². The number of hydrogen-bond donors (Lipinski definition) is 0. The van der Waals surface area contributed by atoms with Crippen LogP contribution in [0.25, 0.3) is 11.8 Å². The summed E-state index contributed by atoms with van der Waals surface area (Å²) in [7, 11) is 9.16. The average molecular weight is 609 g/mol. The van der Waals surface area contributed by atoms with E-state index in [4.69, 9.17) is 37.9 Å². The summed E-state index contributed by atoms with van der Waals surface area (Å²) in [4.78, 5) is 14.7. The first-order valence-corrected chi connectivity index (χ1v) is 14.1. The van der Waals surface area contributed by atoms with Crippen LogP contribution in [0, 0.1) is 0 Å². The van der Waals surface area contributed by atoms with Crippen molar-refractivity contribution in [1.82, 2.24) is 0 Å². The molecular weight excluding hydrogens is 576 g/mol. The van der Waals surface area contributed by atoms with Crippen LogP contribution in [-0.4, -0.2) is 48.4 Å². The molecule has 6 rings (SSSR count). The minimum absolute atomic E-state index is 0.262. The molecule has 45 heavy (non-hydrogen) atoms. The van der Waals surface area contributed by atoms with Gasteiger partial charge < -0.3 is 37.9 Å². The van der Waals surface area contributed by atoms with E-state index in [0.717, 1.165) is 5.56 Å². The summed E-state index contributed by atoms with van der Waals surface area (Å²) in [6, 6.07) is 21.8. The number of hydrogen-bond acceptors (Lipinski definition) is 9. The monoisotopic (exact) mass is 608 g/mol. The van der Waals surface area contributed by atoms with Gasteiger partial charge in [-0.05, 0) is 6.08 Å². The van der Waals surface area contributed by atoms with E-state index in [-0.39, 0.29) is 17.1 Å². The van der Waals surface area contributed by atoms with Crippen molar-refractivity contribution in [2.24, 2.45) is 0 Å². The Bertz CT molecular complexity index is 1830. The van der Waals surface area contributed by atoms with Crippen LogP contribution in [0.5, 0.6) is 46.0 Å². The molecule has 0 amide bonds. The van der Waals surface area contributed by atoms with Crippen LogP contribution in [0.2, 0.25) is 0 Å². The fourth-order valence-electron chi connectivity index (χ4n) is 5.80. The fraction of sp³-hybridized carbons (Fsp3) is 0.194. The quantitative estimate of drug-likeness (QED) is 0.192. The highest BCUT2D eigenvalue weighted by Gasteiger charge is 2.53. The highest BCUT2D eigenvalue weighted by atomic mass is 16.6. The zero-order valence-corrected chi connectivity index (χ0v) is 25.8. The summed E-state index contributed by atoms with van der Waals surface area (Å²) >= 11 is 0. The van der Waals surface area contributed by atoms with E-state index in [9.17, 15) is 4.79 Å². The van der Waals surface area contributed by atoms with Gasteiger partial charge in [-0.15, -0.1) is 0 Å². The lowest BCUT2D eigenvalue weighted by atomic mass is 9.76. The number of benzene rings is 4.